The minimum absolute atomic E-state index is 0.206. The summed E-state index contributed by atoms with van der Waals surface area (Å²) in [5, 5.41) is 6.37. The van der Waals surface area contributed by atoms with Gasteiger partial charge in [-0.1, -0.05) is 64.8 Å². The number of rotatable bonds is 12. The smallest absolute Gasteiger partial charge is 0.267 e. The minimum Gasteiger partial charge on any atom is -0.394 e. The molecule has 1 aliphatic rings. The molecule has 0 aliphatic carbocycles. The zero-order valence-corrected chi connectivity index (χ0v) is 24.4. The van der Waals surface area contributed by atoms with E-state index in [0.29, 0.717) is 37.0 Å². The van der Waals surface area contributed by atoms with Crippen molar-refractivity contribution in [3.8, 4) is 0 Å². The van der Waals surface area contributed by atoms with Crippen molar-refractivity contribution in [2.24, 2.45) is 10.7 Å². The number of methoxy groups -OCH3 is 2. The molecule has 0 radical (unpaired) electrons. The van der Waals surface area contributed by atoms with E-state index in [1.807, 2.05) is 39.8 Å². The van der Waals surface area contributed by atoms with Crippen molar-refractivity contribution in [2.75, 3.05) is 20.8 Å². The number of nitrogens with one attached hydrogen (secondary N) is 2. The first-order valence-corrected chi connectivity index (χ1v) is 13.6. The standard InChI is InChI=1S/C20H30ClN3O3.C6H11NO.C2H6/c1-5-7-16(17(6-2)23-13-18(26-3)27-4)19(22)20(25)24-12-14-8-10-15(21)11-9-14;1-2-5-3-4-6(8)7-5;1-2/h8-11,18H,5-7,12-13,22H2,1-4H3,(H,24,25);5H,2-4H2,1H3,(H,7,8);1-2H3/b19-16-,23-17?;;. The molecular weight excluding hydrogens is 492 g/mol. The normalized spacial score (nSPS) is 15.6. The van der Waals surface area contributed by atoms with Gasteiger partial charge in [0.15, 0.2) is 6.29 Å². The van der Waals surface area contributed by atoms with E-state index < -0.39 is 6.29 Å². The lowest BCUT2D eigenvalue weighted by atomic mass is 10.0. The number of aliphatic imine (C=N–C) groups is 1. The van der Waals surface area contributed by atoms with E-state index in [0.717, 1.165) is 42.5 Å². The van der Waals surface area contributed by atoms with Gasteiger partial charge in [0.25, 0.3) is 5.91 Å². The molecule has 2 rings (SSSR count). The van der Waals surface area contributed by atoms with Gasteiger partial charge in [-0.25, -0.2) is 0 Å². The van der Waals surface area contributed by atoms with Crippen LogP contribution in [0.2, 0.25) is 5.02 Å². The molecule has 1 heterocycles. The fraction of sp³-hybridized carbons (Fsp3) is 0.607. The number of amides is 2. The number of hydrogen-bond acceptors (Lipinski definition) is 6. The Bertz CT molecular complexity index is 852. The zero-order valence-electron chi connectivity index (χ0n) is 23.7. The van der Waals surface area contributed by atoms with Gasteiger partial charge in [0.2, 0.25) is 5.91 Å². The number of allylic oxidation sites excluding steroid dienone is 1. The molecule has 1 saturated heterocycles. The second-order valence-electron chi connectivity index (χ2n) is 8.20. The van der Waals surface area contributed by atoms with E-state index >= 15 is 0 Å². The lowest BCUT2D eigenvalue weighted by molar-refractivity contribution is -0.119. The van der Waals surface area contributed by atoms with Gasteiger partial charge in [-0.2, -0.15) is 0 Å². The second kappa shape index (κ2) is 20.6. The van der Waals surface area contributed by atoms with E-state index in [2.05, 4.69) is 22.5 Å². The largest absolute Gasteiger partial charge is 0.394 e. The maximum atomic E-state index is 12.5. The molecule has 1 aromatic carbocycles. The lowest BCUT2D eigenvalue weighted by Crippen LogP contribution is -2.31. The molecule has 1 aromatic rings. The molecule has 210 valence electrons. The molecule has 37 heavy (non-hydrogen) atoms. The summed E-state index contributed by atoms with van der Waals surface area (Å²) in [5.41, 5.74) is 8.92. The number of carbonyl (C=O) groups is 2. The SMILES string of the molecule is CC.CCC/C(C(CC)=NCC(OC)OC)=C(/N)C(=O)NCc1ccc(Cl)cc1.CCC1CCC(=O)N1. The summed E-state index contributed by atoms with van der Waals surface area (Å²) in [6, 6.07) is 7.78. The van der Waals surface area contributed by atoms with Crippen molar-refractivity contribution in [1.82, 2.24) is 10.6 Å². The number of halogens is 1. The van der Waals surface area contributed by atoms with Crippen LogP contribution in [0.4, 0.5) is 0 Å². The summed E-state index contributed by atoms with van der Waals surface area (Å²) in [6.45, 7) is 10.9. The summed E-state index contributed by atoms with van der Waals surface area (Å²) >= 11 is 5.88. The fourth-order valence-corrected chi connectivity index (χ4v) is 3.66. The molecular formula is C28H47ClN4O4. The first-order chi connectivity index (χ1) is 17.8. The van der Waals surface area contributed by atoms with Gasteiger partial charge < -0.3 is 25.8 Å². The van der Waals surface area contributed by atoms with E-state index in [-0.39, 0.29) is 17.5 Å². The molecule has 0 spiro atoms. The highest BCUT2D eigenvalue weighted by molar-refractivity contribution is 6.30. The van der Waals surface area contributed by atoms with Crippen LogP contribution in [0.25, 0.3) is 0 Å². The maximum absolute atomic E-state index is 12.5. The molecule has 0 aromatic heterocycles. The Labute approximate surface area is 228 Å². The van der Waals surface area contributed by atoms with Crippen LogP contribution in [0.3, 0.4) is 0 Å². The van der Waals surface area contributed by atoms with Gasteiger partial charge in [0.05, 0.1) is 6.54 Å². The van der Waals surface area contributed by atoms with Crippen molar-refractivity contribution < 1.29 is 19.1 Å². The Balaban J connectivity index is 0.00000108. The fourth-order valence-electron chi connectivity index (χ4n) is 3.54. The second-order valence-corrected chi connectivity index (χ2v) is 8.64. The number of nitrogens with two attached hydrogens (primary N) is 1. The Morgan fingerprint density at radius 2 is 1.81 bits per heavy atom. The summed E-state index contributed by atoms with van der Waals surface area (Å²) in [6.07, 6.45) is 4.63. The number of hydrogen-bond donors (Lipinski definition) is 3. The summed E-state index contributed by atoms with van der Waals surface area (Å²) in [5.74, 6) is -0.0820. The molecule has 0 bridgehead atoms. The predicted octanol–water partition coefficient (Wildman–Crippen LogP) is 5.14. The predicted molar refractivity (Wildman–Crippen MR) is 153 cm³/mol. The van der Waals surface area contributed by atoms with Gasteiger partial charge in [-0.15, -0.1) is 0 Å². The minimum atomic E-state index is -0.422. The van der Waals surface area contributed by atoms with Crippen LogP contribution >= 0.6 is 11.6 Å². The van der Waals surface area contributed by atoms with Crippen LogP contribution in [-0.4, -0.2) is 50.6 Å². The molecule has 1 fully saturated rings. The van der Waals surface area contributed by atoms with E-state index in [1.165, 1.54) is 0 Å². The Morgan fingerprint density at radius 3 is 2.24 bits per heavy atom. The highest BCUT2D eigenvalue weighted by atomic mass is 35.5. The van der Waals surface area contributed by atoms with Crippen molar-refractivity contribution in [3.63, 3.8) is 0 Å². The Hall–Kier alpha value is -2.42. The number of ether oxygens (including phenoxy) is 2. The van der Waals surface area contributed by atoms with Crippen LogP contribution in [-0.2, 0) is 25.6 Å². The van der Waals surface area contributed by atoms with Crippen molar-refractivity contribution >= 4 is 29.1 Å². The number of carbonyl (C=O) groups excluding carboxylic acids is 2. The van der Waals surface area contributed by atoms with Gasteiger partial charge in [-0.05, 0) is 43.4 Å². The lowest BCUT2D eigenvalue weighted by Gasteiger charge is -2.16. The molecule has 1 atom stereocenters. The molecule has 9 heteroatoms. The van der Waals surface area contributed by atoms with Crippen molar-refractivity contribution in [2.45, 2.75) is 92.0 Å². The molecule has 1 unspecified atom stereocenters. The van der Waals surface area contributed by atoms with Crippen LogP contribution in [0.1, 0.15) is 78.7 Å². The molecule has 0 saturated carbocycles. The third kappa shape index (κ3) is 13.6. The van der Waals surface area contributed by atoms with Gasteiger partial charge in [-0.3, -0.25) is 14.6 Å². The Morgan fingerprint density at radius 1 is 1.19 bits per heavy atom. The zero-order chi connectivity index (χ0) is 28.2. The van der Waals surface area contributed by atoms with E-state index in [1.54, 1.807) is 26.4 Å². The van der Waals surface area contributed by atoms with Crippen molar-refractivity contribution in [3.05, 3.63) is 46.1 Å². The number of nitrogens with zero attached hydrogens (tertiary/aromatic N) is 1. The summed E-state index contributed by atoms with van der Waals surface area (Å²) in [4.78, 5) is 27.6. The van der Waals surface area contributed by atoms with E-state index in [9.17, 15) is 9.59 Å². The average Bonchev–Trinajstić information content (AvgIpc) is 3.36. The van der Waals surface area contributed by atoms with Gasteiger partial charge >= 0.3 is 0 Å². The van der Waals surface area contributed by atoms with Crippen LogP contribution in [0.15, 0.2) is 40.5 Å². The highest BCUT2D eigenvalue weighted by Gasteiger charge is 2.18. The summed E-state index contributed by atoms with van der Waals surface area (Å²) in [7, 11) is 3.13. The first kappa shape index (κ1) is 34.6. The first-order valence-electron chi connectivity index (χ1n) is 13.2. The molecule has 8 nitrogen and oxygen atoms in total. The monoisotopic (exact) mass is 538 g/mol. The molecule has 2 amide bonds. The third-order valence-electron chi connectivity index (χ3n) is 5.65. The summed E-state index contributed by atoms with van der Waals surface area (Å²) < 4.78 is 10.3. The molecule has 1 aliphatic heterocycles. The Kier molecular flexibility index (Phi) is 19.3. The quantitative estimate of drug-likeness (QED) is 0.193. The number of benzene rings is 1. The van der Waals surface area contributed by atoms with Crippen LogP contribution in [0.5, 0.6) is 0 Å². The van der Waals surface area contributed by atoms with Crippen molar-refractivity contribution in [1.29, 1.82) is 0 Å². The third-order valence-corrected chi connectivity index (χ3v) is 5.91. The van der Waals surface area contributed by atoms with Crippen LogP contribution < -0.4 is 16.4 Å². The van der Waals surface area contributed by atoms with Gasteiger partial charge in [0.1, 0.15) is 5.70 Å². The highest BCUT2D eigenvalue weighted by Crippen LogP contribution is 2.15. The topological polar surface area (TPSA) is 115 Å². The maximum Gasteiger partial charge on any atom is 0.267 e. The molecule has 4 N–H and O–H groups in total. The van der Waals surface area contributed by atoms with Gasteiger partial charge in [0, 0.05) is 49.5 Å². The van der Waals surface area contributed by atoms with E-state index in [4.69, 9.17) is 26.8 Å². The average molecular weight is 539 g/mol. The van der Waals surface area contributed by atoms with Crippen LogP contribution in [0, 0.1) is 0 Å².